The summed E-state index contributed by atoms with van der Waals surface area (Å²) in [4.78, 5) is 13.4. The summed E-state index contributed by atoms with van der Waals surface area (Å²) >= 11 is 0. The van der Waals surface area contributed by atoms with E-state index >= 15 is 0 Å². The van der Waals surface area contributed by atoms with E-state index in [-0.39, 0.29) is 5.92 Å². The second kappa shape index (κ2) is 8.71. The average Bonchev–Trinajstić information content (AvgIpc) is 2.40. The Morgan fingerprint density at radius 3 is 2.29 bits per heavy atom. The van der Waals surface area contributed by atoms with Gasteiger partial charge >= 0.3 is 5.97 Å². The highest BCUT2D eigenvalue weighted by molar-refractivity contribution is 5.70. The molecule has 3 heteroatoms. The molecule has 0 amide bonds. The fourth-order valence-electron chi connectivity index (χ4n) is 2.60. The van der Waals surface area contributed by atoms with Crippen molar-refractivity contribution >= 4 is 11.7 Å². The highest BCUT2D eigenvalue weighted by Gasteiger charge is 2.16. The minimum atomic E-state index is -0.724. The predicted octanol–water partition coefficient (Wildman–Crippen LogP) is 4.41. The van der Waals surface area contributed by atoms with Gasteiger partial charge in [0.05, 0.1) is 5.92 Å². The normalized spacial score (nSPS) is 12.2. The molecule has 0 aromatic heterocycles. The van der Waals surface area contributed by atoms with E-state index in [1.165, 1.54) is 30.4 Å². The van der Waals surface area contributed by atoms with Gasteiger partial charge in [-0.25, -0.2) is 0 Å². The van der Waals surface area contributed by atoms with Crippen LogP contribution in [-0.4, -0.2) is 24.2 Å². The molecule has 0 aliphatic rings. The Balaban J connectivity index is 2.81. The van der Waals surface area contributed by atoms with E-state index in [0.29, 0.717) is 6.54 Å². The van der Waals surface area contributed by atoms with Crippen LogP contribution in [0.15, 0.2) is 18.2 Å². The maximum Gasteiger partial charge on any atom is 0.308 e. The van der Waals surface area contributed by atoms with E-state index in [0.717, 1.165) is 18.7 Å². The van der Waals surface area contributed by atoms with E-state index in [1.807, 2.05) is 0 Å². The lowest BCUT2D eigenvalue weighted by molar-refractivity contribution is -0.140. The van der Waals surface area contributed by atoms with Crippen LogP contribution in [0.3, 0.4) is 0 Å². The number of carboxylic acid groups (broad SMARTS) is 1. The Morgan fingerprint density at radius 2 is 1.76 bits per heavy atom. The first-order valence-corrected chi connectivity index (χ1v) is 8.00. The number of nitrogens with zero attached hydrogens (tertiary/aromatic N) is 1. The molecule has 1 aromatic carbocycles. The van der Waals surface area contributed by atoms with Crippen molar-refractivity contribution in [3.63, 3.8) is 0 Å². The van der Waals surface area contributed by atoms with Crippen molar-refractivity contribution in [1.82, 2.24) is 0 Å². The third-order valence-corrected chi connectivity index (χ3v) is 3.77. The number of anilines is 1. The molecule has 3 nitrogen and oxygen atoms in total. The molecule has 1 N–H and O–H groups in total. The number of aliphatic carboxylic acids is 1. The smallest absolute Gasteiger partial charge is 0.308 e. The number of benzene rings is 1. The Kier molecular flexibility index (Phi) is 7.27. The molecule has 0 spiro atoms. The number of hydrogen-bond donors (Lipinski definition) is 1. The summed E-state index contributed by atoms with van der Waals surface area (Å²) in [5.74, 6) is -1.07. The second-order valence-corrected chi connectivity index (χ2v) is 6.09. The minimum absolute atomic E-state index is 0.350. The van der Waals surface area contributed by atoms with Crippen molar-refractivity contribution in [2.45, 2.75) is 53.4 Å². The van der Waals surface area contributed by atoms with Crippen molar-refractivity contribution in [2.24, 2.45) is 5.92 Å². The number of unbranched alkanes of at least 4 members (excludes halogenated alkanes) is 3. The molecule has 1 aromatic rings. The predicted molar refractivity (Wildman–Crippen MR) is 89.1 cm³/mol. The molecule has 0 bridgehead atoms. The topological polar surface area (TPSA) is 40.5 Å². The number of aryl methyl sites for hydroxylation is 2. The molecule has 0 fully saturated rings. The molecule has 118 valence electrons. The van der Waals surface area contributed by atoms with Crippen LogP contribution in [0.25, 0.3) is 0 Å². The van der Waals surface area contributed by atoms with Gasteiger partial charge in [0.15, 0.2) is 0 Å². The molecule has 21 heavy (non-hydrogen) atoms. The minimum Gasteiger partial charge on any atom is -0.481 e. The Hall–Kier alpha value is -1.51. The van der Waals surface area contributed by atoms with Gasteiger partial charge in [0.1, 0.15) is 0 Å². The van der Waals surface area contributed by atoms with E-state index in [1.54, 1.807) is 6.92 Å². The largest absolute Gasteiger partial charge is 0.481 e. The van der Waals surface area contributed by atoms with Crippen LogP contribution >= 0.6 is 0 Å². The summed E-state index contributed by atoms with van der Waals surface area (Å²) in [6.07, 6.45) is 4.79. The van der Waals surface area contributed by atoms with E-state index in [2.05, 4.69) is 43.9 Å². The maximum atomic E-state index is 11.1. The van der Waals surface area contributed by atoms with Crippen LogP contribution < -0.4 is 4.90 Å². The van der Waals surface area contributed by atoms with E-state index in [4.69, 9.17) is 5.11 Å². The first kappa shape index (κ1) is 17.5. The zero-order valence-corrected chi connectivity index (χ0v) is 13.9. The van der Waals surface area contributed by atoms with Crippen LogP contribution in [-0.2, 0) is 4.79 Å². The van der Waals surface area contributed by atoms with Gasteiger partial charge in [-0.1, -0.05) is 39.2 Å². The summed E-state index contributed by atoms with van der Waals surface area (Å²) in [6, 6.07) is 6.46. The fourth-order valence-corrected chi connectivity index (χ4v) is 2.60. The van der Waals surface area contributed by atoms with Crippen LogP contribution in [0.5, 0.6) is 0 Å². The lowest BCUT2D eigenvalue weighted by Crippen LogP contribution is -2.32. The zero-order chi connectivity index (χ0) is 15.8. The lowest BCUT2D eigenvalue weighted by Gasteiger charge is -2.27. The summed E-state index contributed by atoms with van der Waals surface area (Å²) in [7, 11) is 0. The number of hydrogen-bond acceptors (Lipinski definition) is 2. The lowest BCUT2D eigenvalue weighted by atomic mass is 10.1. The summed E-state index contributed by atoms with van der Waals surface area (Å²) in [5.41, 5.74) is 3.61. The molecule has 1 unspecified atom stereocenters. The second-order valence-electron chi connectivity index (χ2n) is 6.09. The quantitative estimate of drug-likeness (QED) is 0.685. The van der Waals surface area contributed by atoms with Gasteiger partial charge in [-0.05, 0) is 43.5 Å². The monoisotopic (exact) mass is 291 g/mol. The van der Waals surface area contributed by atoms with Crippen molar-refractivity contribution < 1.29 is 9.90 Å². The number of carboxylic acids is 1. The Labute approximate surface area is 129 Å². The Morgan fingerprint density at radius 1 is 1.14 bits per heavy atom. The molecule has 1 rings (SSSR count). The highest BCUT2D eigenvalue weighted by Crippen LogP contribution is 2.21. The van der Waals surface area contributed by atoms with Crippen molar-refractivity contribution in [1.29, 1.82) is 0 Å². The molecule has 0 saturated carbocycles. The van der Waals surface area contributed by atoms with E-state index in [9.17, 15) is 4.79 Å². The van der Waals surface area contributed by atoms with Crippen molar-refractivity contribution in [3.8, 4) is 0 Å². The molecular weight excluding hydrogens is 262 g/mol. The van der Waals surface area contributed by atoms with Gasteiger partial charge in [-0.15, -0.1) is 0 Å². The fraction of sp³-hybridized carbons (Fsp3) is 0.611. The molecule has 0 radical (unpaired) electrons. The maximum absolute atomic E-state index is 11.1. The Bertz CT molecular complexity index is 436. The molecule has 0 aliphatic heterocycles. The van der Waals surface area contributed by atoms with Gasteiger partial charge in [-0.3, -0.25) is 4.79 Å². The molecule has 0 saturated heterocycles. The summed E-state index contributed by atoms with van der Waals surface area (Å²) < 4.78 is 0. The molecule has 0 aliphatic carbocycles. The van der Waals surface area contributed by atoms with E-state index < -0.39 is 5.97 Å². The van der Waals surface area contributed by atoms with Gasteiger partial charge in [0, 0.05) is 18.8 Å². The third kappa shape index (κ3) is 6.19. The summed E-state index contributed by atoms with van der Waals surface area (Å²) in [6.45, 7) is 9.67. The molecule has 0 heterocycles. The van der Waals surface area contributed by atoms with Gasteiger partial charge < -0.3 is 10.0 Å². The van der Waals surface area contributed by atoms with Gasteiger partial charge in [-0.2, -0.15) is 0 Å². The van der Waals surface area contributed by atoms with Gasteiger partial charge in [0.25, 0.3) is 0 Å². The highest BCUT2D eigenvalue weighted by atomic mass is 16.4. The molecular formula is C18H29NO2. The number of rotatable bonds is 9. The average molecular weight is 291 g/mol. The molecule has 1 atom stereocenters. The first-order valence-electron chi connectivity index (χ1n) is 8.00. The third-order valence-electron chi connectivity index (χ3n) is 3.77. The van der Waals surface area contributed by atoms with Crippen molar-refractivity contribution in [3.05, 3.63) is 29.3 Å². The number of carbonyl (C=O) groups is 1. The standard InChI is InChI=1S/C18H29NO2/c1-5-6-7-8-9-19(13-16(4)18(20)21)17-11-14(2)10-15(3)12-17/h10-12,16H,5-9,13H2,1-4H3,(H,20,21). The van der Waals surface area contributed by atoms with Crippen molar-refractivity contribution in [2.75, 3.05) is 18.0 Å². The zero-order valence-electron chi connectivity index (χ0n) is 13.9. The van der Waals surface area contributed by atoms with Crippen LogP contribution in [0, 0.1) is 19.8 Å². The van der Waals surface area contributed by atoms with Crippen LogP contribution in [0.1, 0.15) is 50.7 Å². The van der Waals surface area contributed by atoms with Gasteiger partial charge in [0.2, 0.25) is 0 Å². The van der Waals surface area contributed by atoms with Crippen LogP contribution in [0.2, 0.25) is 0 Å². The first-order chi connectivity index (χ1) is 9.93. The SMILES string of the molecule is CCCCCCN(CC(C)C(=O)O)c1cc(C)cc(C)c1. The summed E-state index contributed by atoms with van der Waals surface area (Å²) in [5, 5.41) is 9.17. The van der Waals surface area contributed by atoms with Crippen LogP contribution in [0.4, 0.5) is 5.69 Å².